The smallest absolute Gasteiger partial charge is 0.236 e. The fraction of sp³-hybridized carbons (Fsp3) is 0.900. The number of ether oxygens (including phenoxy) is 1. The second-order valence-corrected chi connectivity index (χ2v) is 8.48. The summed E-state index contributed by atoms with van der Waals surface area (Å²) < 4.78 is 5.57. The highest BCUT2D eigenvalue weighted by Gasteiger charge is 2.35. The summed E-state index contributed by atoms with van der Waals surface area (Å²) in [5, 5.41) is 3.62. The van der Waals surface area contributed by atoms with Crippen molar-refractivity contribution in [2.75, 3.05) is 86.7 Å². The Morgan fingerprint density at radius 2 is 1.68 bits per heavy atom. The molecule has 3 rings (SSSR count). The zero-order valence-electron chi connectivity index (χ0n) is 18.0. The molecule has 28 heavy (non-hydrogen) atoms. The number of hydrogen-bond donors (Lipinski definition) is 1. The molecular weight excluding hydrogens is 356 g/mol. The molecule has 0 aromatic carbocycles. The summed E-state index contributed by atoms with van der Waals surface area (Å²) in [6.45, 7) is 8.59. The van der Waals surface area contributed by atoms with Crippen molar-refractivity contribution in [3.63, 3.8) is 0 Å². The fourth-order valence-corrected chi connectivity index (χ4v) is 4.48. The number of amides is 1. The summed E-state index contributed by atoms with van der Waals surface area (Å²) in [6, 6.07) is 0. The van der Waals surface area contributed by atoms with Gasteiger partial charge in [-0.2, -0.15) is 0 Å². The van der Waals surface area contributed by atoms with E-state index in [0.717, 1.165) is 90.7 Å². The third kappa shape index (κ3) is 5.15. The van der Waals surface area contributed by atoms with Crippen LogP contribution in [0.15, 0.2) is 4.99 Å². The molecule has 0 unspecified atom stereocenters. The van der Waals surface area contributed by atoms with Crippen LogP contribution in [-0.4, -0.2) is 124 Å². The summed E-state index contributed by atoms with van der Waals surface area (Å²) in [5.74, 6) is 1.26. The number of carbonyl (C=O) groups is 1. The first-order valence-corrected chi connectivity index (χ1v) is 10.7. The predicted molar refractivity (Wildman–Crippen MR) is 112 cm³/mol. The number of likely N-dealkylation sites (tertiary alicyclic amines) is 1. The lowest BCUT2D eigenvalue weighted by Crippen LogP contribution is -2.59. The van der Waals surface area contributed by atoms with Crippen LogP contribution in [0.3, 0.4) is 0 Å². The molecule has 0 aromatic rings. The molecule has 1 N–H and O–H groups in total. The van der Waals surface area contributed by atoms with Gasteiger partial charge in [-0.25, -0.2) is 0 Å². The van der Waals surface area contributed by atoms with Crippen molar-refractivity contribution >= 4 is 11.9 Å². The van der Waals surface area contributed by atoms with E-state index in [1.54, 1.807) is 0 Å². The Bertz CT molecular complexity index is 533. The normalized spacial score (nSPS) is 24.1. The van der Waals surface area contributed by atoms with Crippen molar-refractivity contribution < 1.29 is 9.53 Å². The van der Waals surface area contributed by atoms with Crippen LogP contribution in [0, 0.1) is 0 Å². The molecule has 8 heteroatoms. The molecule has 3 aliphatic rings. The highest BCUT2D eigenvalue weighted by molar-refractivity contribution is 5.80. The van der Waals surface area contributed by atoms with Crippen molar-refractivity contribution in [2.45, 2.75) is 31.2 Å². The van der Waals surface area contributed by atoms with Crippen LogP contribution in [0.25, 0.3) is 0 Å². The first-order chi connectivity index (χ1) is 13.5. The number of aliphatic imine (C=N–C) groups is 1. The topological polar surface area (TPSA) is 63.7 Å². The van der Waals surface area contributed by atoms with Crippen LogP contribution >= 0.6 is 0 Å². The Kier molecular flexibility index (Phi) is 7.54. The van der Waals surface area contributed by atoms with Gasteiger partial charge in [-0.1, -0.05) is 0 Å². The Morgan fingerprint density at radius 1 is 1.04 bits per heavy atom. The molecule has 0 atom stereocenters. The summed E-state index contributed by atoms with van der Waals surface area (Å²) in [6.07, 6.45) is 4.39. The summed E-state index contributed by atoms with van der Waals surface area (Å²) in [7, 11) is 6.18. The van der Waals surface area contributed by atoms with E-state index in [2.05, 4.69) is 39.1 Å². The molecule has 3 fully saturated rings. The molecule has 3 saturated heterocycles. The maximum atomic E-state index is 12.4. The second-order valence-electron chi connectivity index (χ2n) is 8.48. The van der Waals surface area contributed by atoms with Gasteiger partial charge < -0.3 is 24.8 Å². The number of rotatable bonds is 5. The lowest BCUT2D eigenvalue weighted by molar-refractivity contribution is -0.131. The molecule has 0 aromatic heterocycles. The average molecular weight is 395 g/mol. The zero-order chi connectivity index (χ0) is 20.0. The third-order valence-corrected chi connectivity index (χ3v) is 6.65. The maximum Gasteiger partial charge on any atom is 0.236 e. The second kappa shape index (κ2) is 9.89. The largest absolute Gasteiger partial charge is 0.381 e. The van der Waals surface area contributed by atoms with Crippen LogP contribution in [0.1, 0.15) is 25.7 Å². The highest BCUT2D eigenvalue weighted by atomic mass is 16.5. The molecule has 0 aliphatic carbocycles. The van der Waals surface area contributed by atoms with E-state index in [-0.39, 0.29) is 5.54 Å². The van der Waals surface area contributed by atoms with Crippen LogP contribution in [0.2, 0.25) is 0 Å². The van der Waals surface area contributed by atoms with Gasteiger partial charge in [0.1, 0.15) is 0 Å². The van der Waals surface area contributed by atoms with Gasteiger partial charge in [-0.3, -0.25) is 14.7 Å². The molecule has 3 aliphatic heterocycles. The number of hydrogen-bond acceptors (Lipinski definition) is 5. The first kappa shape index (κ1) is 21.3. The number of nitrogens with one attached hydrogen (secondary N) is 1. The van der Waals surface area contributed by atoms with Crippen LogP contribution in [-0.2, 0) is 9.53 Å². The van der Waals surface area contributed by atoms with E-state index in [4.69, 9.17) is 4.74 Å². The van der Waals surface area contributed by atoms with Gasteiger partial charge in [-0.05, 0) is 39.8 Å². The number of guanidine groups is 1. The summed E-state index contributed by atoms with van der Waals surface area (Å²) in [5.41, 5.74) is 0.123. The Labute approximate surface area is 169 Å². The van der Waals surface area contributed by atoms with Crippen molar-refractivity contribution in [2.24, 2.45) is 4.99 Å². The number of nitrogens with zero attached hydrogens (tertiary/aromatic N) is 5. The quantitative estimate of drug-likeness (QED) is 0.520. The summed E-state index contributed by atoms with van der Waals surface area (Å²) in [4.78, 5) is 25.9. The minimum absolute atomic E-state index is 0.123. The number of piperazine rings is 1. The van der Waals surface area contributed by atoms with Gasteiger partial charge >= 0.3 is 0 Å². The first-order valence-electron chi connectivity index (χ1n) is 10.7. The molecule has 0 saturated carbocycles. The van der Waals surface area contributed by atoms with Crippen LogP contribution in [0.5, 0.6) is 0 Å². The monoisotopic (exact) mass is 394 g/mol. The predicted octanol–water partition coefficient (Wildman–Crippen LogP) is -0.0874. The summed E-state index contributed by atoms with van der Waals surface area (Å²) >= 11 is 0. The molecule has 0 spiro atoms. The van der Waals surface area contributed by atoms with Gasteiger partial charge in [0.15, 0.2) is 5.96 Å². The van der Waals surface area contributed by atoms with Crippen molar-refractivity contribution in [1.29, 1.82) is 0 Å². The molecule has 0 bridgehead atoms. The molecule has 1 amide bonds. The lowest BCUT2D eigenvalue weighted by atomic mass is 9.88. The molecule has 8 nitrogen and oxygen atoms in total. The van der Waals surface area contributed by atoms with Gasteiger partial charge in [0, 0.05) is 71.6 Å². The van der Waals surface area contributed by atoms with Gasteiger partial charge in [0.2, 0.25) is 5.91 Å². The number of carbonyl (C=O) groups excluding carboxylic acids is 1. The zero-order valence-corrected chi connectivity index (χ0v) is 18.0. The Morgan fingerprint density at radius 3 is 2.25 bits per heavy atom. The number of likely N-dealkylation sites (N-methyl/N-ethyl adjacent to an activating group) is 1. The Balaban J connectivity index is 1.46. The Hall–Kier alpha value is -1.38. The lowest BCUT2D eigenvalue weighted by Gasteiger charge is -2.44. The van der Waals surface area contributed by atoms with Gasteiger partial charge in [0.05, 0.1) is 6.54 Å². The van der Waals surface area contributed by atoms with Gasteiger partial charge in [0.25, 0.3) is 0 Å². The van der Waals surface area contributed by atoms with Crippen LogP contribution in [0.4, 0.5) is 0 Å². The SMILES string of the molecule is CN=C(NCC1(N(C)C)CCOCC1)N1CCN(CC(=O)N2CCCC2)CC1. The highest BCUT2D eigenvalue weighted by Crippen LogP contribution is 2.25. The van der Waals surface area contributed by atoms with E-state index >= 15 is 0 Å². The minimum atomic E-state index is 0.123. The van der Waals surface area contributed by atoms with Crippen molar-refractivity contribution in [3.05, 3.63) is 0 Å². The standard InChI is InChI=1S/C20H38N6O2/c1-21-19(22-17-20(23(2)3)6-14-28-15-7-20)26-12-10-24(11-13-26)16-18(27)25-8-4-5-9-25/h4-17H2,1-3H3,(H,21,22). The van der Waals surface area contributed by atoms with E-state index < -0.39 is 0 Å². The molecular formula is C20H38N6O2. The van der Waals surface area contributed by atoms with E-state index in [9.17, 15) is 4.79 Å². The average Bonchev–Trinajstić information content (AvgIpc) is 3.25. The van der Waals surface area contributed by atoms with E-state index in [1.807, 2.05) is 11.9 Å². The minimum Gasteiger partial charge on any atom is -0.381 e. The third-order valence-electron chi connectivity index (χ3n) is 6.65. The van der Waals surface area contributed by atoms with Crippen molar-refractivity contribution in [1.82, 2.24) is 24.9 Å². The molecule has 3 heterocycles. The molecule has 0 radical (unpaired) electrons. The van der Waals surface area contributed by atoms with Crippen molar-refractivity contribution in [3.8, 4) is 0 Å². The van der Waals surface area contributed by atoms with Crippen LogP contribution < -0.4 is 5.32 Å². The fourth-order valence-electron chi connectivity index (χ4n) is 4.48. The van der Waals surface area contributed by atoms with E-state index in [1.165, 1.54) is 0 Å². The maximum absolute atomic E-state index is 12.4. The van der Waals surface area contributed by atoms with Gasteiger partial charge in [-0.15, -0.1) is 0 Å². The molecule has 160 valence electrons. The van der Waals surface area contributed by atoms with E-state index in [0.29, 0.717) is 12.5 Å².